The first-order chi connectivity index (χ1) is 9.56. The van der Waals surface area contributed by atoms with E-state index in [2.05, 4.69) is 14.0 Å². The van der Waals surface area contributed by atoms with Crippen molar-refractivity contribution in [3.05, 3.63) is 0 Å². The topological polar surface area (TPSA) is 79.4 Å². The van der Waals surface area contributed by atoms with E-state index in [1.165, 1.54) is 19.3 Å². The van der Waals surface area contributed by atoms with Crippen LogP contribution in [0.3, 0.4) is 0 Å². The molecule has 1 saturated carbocycles. The Morgan fingerprint density at radius 1 is 1.35 bits per heavy atom. The molecule has 2 N–H and O–H groups in total. The van der Waals surface area contributed by atoms with Crippen molar-refractivity contribution in [2.24, 2.45) is 11.3 Å². The third-order valence-electron chi connectivity index (χ3n) is 5.26. The first kappa shape index (κ1) is 13.7. The van der Waals surface area contributed by atoms with Crippen LogP contribution in [-0.4, -0.2) is 22.0 Å². The van der Waals surface area contributed by atoms with Gasteiger partial charge in [-0.25, -0.2) is 0 Å². The summed E-state index contributed by atoms with van der Waals surface area (Å²) in [7, 11) is 0. The van der Waals surface area contributed by atoms with Gasteiger partial charge in [0.25, 0.3) is 0 Å². The van der Waals surface area contributed by atoms with Gasteiger partial charge in [-0.1, -0.05) is 0 Å². The summed E-state index contributed by atoms with van der Waals surface area (Å²) >= 11 is -1.08. The maximum atomic E-state index is 12.4. The van der Waals surface area contributed by atoms with Gasteiger partial charge in [-0.3, -0.25) is 0 Å². The van der Waals surface area contributed by atoms with Gasteiger partial charge in [-0.2, -0.15) is 0 Å². The molecule has 4 fully saturated rings. The van der Waals surface area contributed by atoms with Crippen molar-refractivity contribution in [2.45, 2.75) is 68.4 Å². The first-order valence-corrected chi connectivity index (χ1v) is 10.9. The molecule has 0 aromatic rings. The molecule has 4 rings (SSSR count). The number of halogens is 1. The molecule has 0 aromatic carbocycles. The van der Waals surface area contributed by atoms with Crippen LogP contribution in [0.5, 0.6) is 0 Å². The second-order valence-corrected chi connectivity index (χ2v) is 11.1. The van der Waals surface area contributed by atoms with Gasteiger partial charge in [-0.15, -0.1) is 0 Å². The third kappa shape index (κ3) is 2.02. The standard InChI is InChI=1S/C14H23IN2O3/c1-9-8-13(6-4-3-5-7-13)12(19-9)20-11(18)10(2)14-15(16-14)17-14/h9-10,12,16-17H,3-8H2,1-2H3. The molecule has 0 aromatic heterocycles. The molecule has 5 nitrogen and oxygen atoms in total. The Morgan fingerprint density at radius 3 is 2.60 bits per heavy atom. The predicted molar refractivity (Wildman–Crippen MR) is 82.7 cm³/mol. The van der Waals surface area contributed by atoms with Crippen molar-refractivity contribution in [3.8, 4) is 0 Å². The van der Waals surface area contributed by atoms with E-state index in [-0.39, 0.29) is 33.4 Å². The molecule has 20 heavy (non-hydrogen) atoms. The Bertz CT molecular complexity index is 432. The Morgan fingerprint density at radius 2 is 2.00 bits per heavy atom. The van der Waals surface area contributed by atoms with Crippen molar-refractivity contribution >= 4 is 26.3 Å². The molecule has 114 valence electrons. The Hall–Kier alpha value is 0.0800. The van der Waals surface area contributed by atoms with E-state index >= 15 is 0 Å². The van der Waals surface area contributed by atoms with E-state index in [1.54, 1.807) is 0 Å². The quantitative estimate of drug-likeness (QED) is 0.192. The Labute approximate surface area is 127 Å². The SMILES string of the molecule is CC1CC2(CCCCC2)C(OC(=O)C(C)C23NI2N3)O1. The fourth-order valence-corrected chi connectivity index (χ4v) is 8.71. The fraction of sp³-hybridized carbons (Fsp3) is 0.929. The van der Waals surface area contributed by atoms with Gasteiger partial charge in [0.2, 0.25) is 0 Å². The van der Waals surface area contributed by atoms with Crippen molar-refractivity contribution in [1.82, 2.24) is 7.06 Å². The summed E-state index contributed by atoms with van der Waals surface area (Å²) < 4.78 is 18.6. The summed E-state index contributed by atoms with van der Waals surface area (Å²) in [6.45, 7) is 4.07. The number of rotatable bonds is 3. The van der Waals surface area contributed by atoms with Crippen LogP contribution in [0.15, 0.2) is 0 Å². The maximum absolute atomic E-state index is 12.4. The van der Waals surface area contributed by atoms with E-state index in [1.807, 2.05) is 6.92 Å². The first-order valence-electron chi connectivity index (χ1n) is 7.67. The number of carbonyl (C=O) groups excluding carboxylic acids is 1. The summed E-state index contributed by atoms with van der Waals surface area (Å²) in [5.74, 6) is -0.167. The van der Waals surface area contributed by atoms with Crippen LogP contribution in [0.25, 0.3) is 0 Å². The van der Waals surface area contributed by atoms with Gasteiger partial charge in [-0.05, 0) is 0 Å². The molecule has 6 heteroatoms. The fourth-order valence-electron chi connectivity index (χ4n) is 3.86. The minimum atomic E-state index is -1.08. The second-order valence-electron chi connectivity index (χ2n) is 6.75. The molecular weight excluding hydrogens is 371 g/mol. The molecule has 3 saturated heterocycles. The summed E-state index contributed by atoms with van der Waals surface area (Å²) in [5, 5.41) is 0. The summed E-state index contributed by atoms with van der Waals surface area (Å²) in [5.41, 5.74) is 0.0942. The molecule has 4 aliphatic rings. The summed E-state index contributed by atoms with van der Waals surface area (Å²) in [6, 6.07) is 0. The normalized spacial score (nSPS) is 39.2. The Balaban J connectivity index is 1.44. The van der Waals surface area contributed by atoms with Crippen LogP contribution in [0.4, 0.5) is 0 Å². The van der Waals surface area contributed by atoms with Gasteiger partial charge in [0.1, 0.15) is 0 Å². The molecule has 0 amide bonds. The minimum absolute atomic E-state index is 0.00491. The van der Waals surface area contributed by atoms with Crippen molar-refractivity contribution in [2.75, 3.05) is 0 Å². The van der Waals surface area contributed by atoms with E-state index in [0.29, 0.717) is 0 Å². The van der Waals surface area contributed by atoms with Crippen LogP contribution < -0.4 is 7.06 Å². The molecule has 1 aliphatic carbocycles. The van der Waals surface area contributed by atoms with Crippen LogP contribution in [0.2, 0.25) is 0 Å². The number of hydrogen-bond acceptors (Lipinski definition) is 5. The average Bonchev–Trinajstić information content (AvgIpc) is 3.25. The van der Waals surface area contributed by atoms with E-state index < -0.39 is 20.4 Å². The molecule has 3 aliphatic heterocycles. The summed E-state index contributed by atoms with van der Waals surface area (Å²) in [6.07, 6.45) is 7.00. The number of alkyl halides is 1. The number of hydrogen-bond donors (Lipinski definition) is 2. The van der Waals surface area contributed by atoms with E-state index in [9.17, 15) is 4.79 Å². The van der Waals surface area contributed by atoms with Gasteiger partial charge in [0.15, 0.2) is 0 Å². The zero-order chi connectivity index (χ0) is 14.0. The average molecular weight is 394 g/mol. The van der Waals surface area contributed by atoms with Crippen molar-refractivity contribution in [1.29, 1.82) is 0 Å². The van der Waals surface area contributed by atoms with Crippen molar-refractivity contribution in [3.63, 3.8) is 0 Å². The number of ether oxygens (including phenoxy) is 2. The van der Waals surface area contributed by atoms with Crippen molar-refractivity contribution < 1.29 is 14.3 Å². The Kier molecular flexibility index (Phi) is 3.11. The molecular formula is C14H23IN2O3. The zero-order valence-electron chi connectivity index (χ0n) is 12.1. The van der Waals surface area contributed by atoms with Gasteiger partial charge in [0, 0.05) is 0 Å². The second kappa shape index (κ2) is 4.54. The molecule has 3 unspecified atom stereocenters. The van der Waals surface area contributed by atoms with Crippen LogP contribution in [-0.2, 0) is 14.3 Å². The monoisotopic (exact) mass is 394 g/mol. The van der Waals surface area contributed by atoms with E-state index in [0.717, 1.165) is 19.3 Å². The predicted octanol–water partition coefficient (Wildman–Crippen LogP) is 2.45. The molecule has 0 radical (unpaired) electrons. The number of fused-ring (bicyclic) bond motifs is 1. The zero-order valence-corrected chi connectivity index (χ0v) is 14.2. The molecule has 3 heterocycles. The molecule has 1 spiro atoms. The van der Waals surface area contributed by atoms with Crippen LogP contribution in [0.1, 0.15) is 52.4 Å². The van der Waals surface area contributed by atoms with Gasteiger partial charge < -0.3 is 0 Å². The third-order valence-corrected chi connectivity index (χ3v) is 10.1. The molecule has 3 atom stereocenters. The van der Waals surface area contributed by atoms with Crippen LogP contribution in [0, 0.1) is 11.3 Å². The number of carbonyl (C=O) groups is 1. The number of esters is 1. The van der Waals surface area contributed by atoms with Crippen LogP contribution >= 0.6 is 20.4 Å². The number of nitrogens with one attached hydrogen (secondary N) is 2. The van der Waals surface area contributed by atoms with Gasteiger partial charge >= 0.3 is 127 Å². The molecule has 0 bridgehead atoms. The van der Waals surface area contributed by atoms with Gasteiger partial charge in [0.05, 0.1) is 0 Å². The summed E-state index contributed by atoms with van der Waals surface area (Å²) in [4.78, 5) is 12.4. The van der Waals surface area contributed by atoms with E-state index in [4.69, 9.17) is 9.47 Å².